The Bertz CT molecular complexity index is 1140. The highest BCUT2D eigenvalue weighted by atomic mass is 16.6. The minimum atomic E-state index is -0.231. The number of carbonyl (C=O) groups is 1. The fourth-order valence-electron chi connectivity index (χ4n) is 5.16. The largest absolute Gasteiger partial charge is 0.441 e. The van der Waals surface area contributed by atoms with Crippen molar-refractivity contribution in [3.8, 4) is 11.1 Å². The molecule has 1 N–H and O–H groups in total. The van der Waals surface area contributed by atoms with Gasteiger partial charge in [-0.25, -0.2) is 9.31 Å². The fraction of sp³-hybridized carbons (Fsp3) is 0.462. The summed E-state index contributed by atoms with van der Waals surface area (Å²) in [7, 11) is 0. The standard InChI is InChI=1S/C26H31N5O3/c32-26(34-23-17-33-18-23)30-13-11-29(12-14-30)24-7-10-28-31-16-22(15-25(24)31)20-3-1-19(2-4-20)21-5-8-27-9-6-21/h1-4,7,10,15-16,21,23,27H,5-6,8-9,11-14,17-18H2. The second kappa shape index (κ2) is 9.27. The lowest BCUT2D eigenvalue weighted by atomic mass is 9.89. The average molecular weight is 462 g/mol. The number of ether oxygens (including phenoxy) is 2. The maximum atomic E-state index is 12.4. The molecule has 3 aliphatic rings. The number of benzene rings is 1. The molecular formula is C26H31N5O3. The molecule has 1 amide bonds. The summed E-state index contributed by atoms with van der Waals surface area (Å²) in [5, 5.41) is 8.00. The van der Waals surface area contributed by atoms with E-state index in [9.17, 15) is 4.79 Å². The van der Waals surface area contributed by atoms with Gasteiger partial charge < -0.3 is 24.6 Å². The third-order valence-corrected chi connectivity index (χ3v) is 7.29. The molecule has 0 unspecified atom stereocenters. The van der Waals surface area contributed by atoms with Crippen LogP contribution in [0.25, 0.3) is 16.6 Å². The first-order valence-electron chi connectivity index (χ1n) is 12.3. The minimum absolute atomic E-state index is 0.0850. The molecule has 8 nitrogen and oxygen atoms in total. The van der Waals surface area contributed by atoms with Gasteiger partial charge in [0.2, 0.25) is 0 Å². The van der Waals surface area contributed by atoms with Gasteiger partial charge in [0.05, 0.1) is 24.4 Å². The molecule has 0 saturated carbocycles. The SMILES string of the molecule is O=C(OC1COC1)N1CCN(c2ccnn3cc(-c4ccc(C5CCNCC5)cc4)cc23)CC1. The molecular weight excluding hydrogens is 430 g/mol. The van der Waals surface area contributed by atoms with Crippen molar-refractivity contribution in [1.82, 2.24) is 19.8 Å². The van der Waals surface area contributed by atoms with Crippen LogP contribution in [-0.4, -0.2) is 79.2 Å². The van der Waals surface area contributed by atoms with Gasteiger partial charge in [0.25, 0.3) is 0 Å². The Morgan fingerprint density at radius 2 is 1.76 bits per heavy atom. The van der Waals surface area contributed by atoms with Crippen LogP contribution in [0.5, 0.6) is 0 Å². The van der Waals surface area contributed by atoms with Crippen LogP contribution < -0.4 is 10.2 Å². The van der Waals surface area contributed by atoms with Gasteiger partial charge in [0, 0.05) is 44.1 Å². The van der Waals surface area contributed by atoms with Crippen molar-refractivity contribution in [3.05, 3.63) is 54.4 Å². The van der Waals surface area contributed by atoms with E-state index in [2.05, 4.69) is 57.9 Å². The molecule has 0 radical (unpaired) electrons. The summed E-state index contributed by atoms with van der Waals surface area (Å²) >= 11 is 0. The number of hydrogen-bond acceptors (Lipinski definition) is 6. The molecule has 5 heterocycles. The molecule has 0 aliphatic carbocycles. The summed E-state index contributed by atoms with van der Waals surface area (Å²) in [6.45, 7) is 6.06. The summed E-state index contributed by atoms with van der Waals surface area (Å²) in [4.78, 5) is 16.5. The molecule has 2 aromatic heterocycles. The number of fused-ring (bicyclic) bond motifs is 1. The van der Waals surface area contributed by atoms with Gasteiger partial charge in [-0.3, -0.25) is 0 Å². The van der Waals surface area contributed by atoms with Crippen molar-refractivity contribution in [2.75, 3.05) is 57.4 Å². The maximum absolute atomic E-state index is 12.4. The molecule has 0 atom stereocenters. The molecule has 8 heteroatoms. The monoisotopic (exact) mass is 461 g/mol. The molecule has 6 rings (SSSR count). The molecule has 1 aromatic carbocycles. The number of nitrogens with one attached hydrogen (secondary N) is 1. The van der Waals surface area contributed by atoms with Crippen molar-refractivity contribution in [3.63, 3.8) is 0 Å². The summed E-state index contributed by atoms with van der Waals surface area (Å²) in [5.74, 6) is 0.662. The third kappa shape index (κ3) is 4.23. The summed E-state index contributed by atoms with van der Waals surface area (Å²) in [6.07, 6.45) is 6.06. The number of hydrogen-bond donors (Lipinski definition) is 1. The quantitative estimate of drug-likeness (QED) is 0.644. The van der Waals surface area contributed by atoms with Gasteiger partial charge in [-0.05, 0) is 55.1 Å². The van der Waals surface area contributed by atoms with Crippen molar-refractivity contribution in [1.29, 1.82) is 0 Å². The number of aromatic nitrogens is 2. The van der Waals surface area contributed by atoms with Crippen molar-refractivity contribution in [2.24, 2.45) is 0 Å². The zero-order chi connectivity index (χ0) is 22.9. The van der Waals surface area contributed by atoms with Crippen LogP contribution in [0.3, 0.4) is 0 Å². The lowest BCUT2D eigenvalue weighted by Crippen LogP contribution is -2.51. The average Bonchev–Trinajstić information content (AvgIpc) is 3.31. The van der Waals surface area contributed by atoms with E-state index in [1.165, 1.54) is 29.5 Å². The van der Waals surface area contributed by atoms with E-state index in [0.29, 0.717) is 32.2 Å². The lowest BCUT2D eigenvalue weighted by Gasteiger charge is -2.37. The highest BCUT2D eigenvalue weighted by molar-refractivity contribution is 5.80. The van der Waals surface area contributed by atoms with Crippen LogP contribution >= 0.6 is 0 Å². The minimum Gasteiger partial charge on any atom is -0.441 e. The summed E-state index contributed by atoms with van der Waals surface area (Å²) in [6, 6.07) is 13.3. The number of rotatable bonds is 4. The number of nitrogens with zero attached hydrogens (tertiary/aromatic N) is 4. The highest BCUT2D eigenvalue weighted by Crippen LogP contribution is 2.31. The highest BCUT2D eigenvalue weighted by Gasteiger charge is 2.28. The van der Waals surface area contributed by atoms with Crippen LogP contribution in [0.1, 0.15) is 24.3 Å². The molecule has 3 fully saturated rings. The zero-order valence-corrected chi connectivity index (χ0v) is 19.4. The first-order chi connectivity index (χ1) is 16.7. The van der Waals surface area contributed by atoms with Gasteiger partial charge in [-0.2, -0.15) is 5.10 Å². The molecule has 0 bridgehead atoms. The Labute approximate surface area is 199 Å². The van der Waals surface area contributed by atoms with Gasteiger partial charge in [0.15, 0.2) is 6.10 Å². The van der Waals surface area contributed by atoms with Crippen molar-refractivity contribution in [2.45, 2.75) is 24.9 Å². The normalized spacial score (nSPS) is 19.9. The number of carbonyl (C=O) groups excluding carboxylic acids is 1. The van der Waals surface area contributed by atoms with Crippen LogP contribution in [0.2, 0.25) is 0 Å². The Morgan fingerprint density at radius 1 is 1.00 bits per heavy atom. The van der Waals surface area contributed by atoms with Crippen LogP contribution in [0.4, 0.5) is 10.5 Å². The molecule has 3 aromatic rings. The summed E-state index contributed by atoms with van der Waals surface area (Å²) in [5.41, 5.74) is 6.05. The Kier molecular flexibility index (Phi) is 5.84. The fourth-order valence-corrected chi connectivity index (χ4v) is 5.16. The van der Waals surface area contributed by atoms with Crippen LogP contribution in [-0.2, 0) is 9.47 Å². The van der Waals surface area contributed by atoms with E-state index in [1.54, 1.807) is 4.90 Å². The second-order valence-electron chi connectivity index (χ2n) is 9.44. The Balaban J connectivity index is 1.16. The van der Waals surface area contributed by atoms with E-state index in [4.69, 9.17) is 9.47 Å². The topological polar surface area (TPSA) is 71.3 Å². The van der Waals surface area contributed by atoms with Crippen LogP contribution in [0, 0.1) is 0 Å². The number of anilines is 1. The van der Waals surface area contributed by atoms with Gasteiger partial charge >= 0.3 is 6.09 Å². The summed E-state index contributed by atoms with van der Waals surface area (Å²) < 4.78 is 12.5. The van der Waals surface area contributed by atoms with E-state index >= 15 is 0 Å². The van der Waals surface area contributed by atoms with Gasteiger partial charge in [-0.1, -0.05) is 24.3 Å². The van der Waals surface area contributed by atoms with E-state index in [-0.39, 0.29) is 12.2 Å². The second-order valence-corrected chi connectivity index (χ2v) is 9.44. The van der Waals surface area contributed by atoms with E-state index in [0.717, 1.165) is 37.4 Å². The van der Waals surface area contributed by atoms with E-state index in [1.807, 2.05) is 10.7 Å². The molecule has 34 heavy (non-hydrogen) atoms. The molecule has 3 saturated heterocycles. The zero-order valence-electron chi connectivity index (χ0n) is 19.4. The number of piperidine rings is 1. The molecule has 178 valence electrons. The van der Waals surface area contributed by atoms with Gasteiger partial charge in [0.1, 0.15) is 0 Å². The first kappa shape index (κ1) is 21.4. The first-order valence-corrected chi connectivity index (χ1v) is 12.3. The smallest absolute Gasteiger partial charge is 0.410 e. The van der Waals surface area contributed by atoms with E-state index < -0.39 is 0 Å². The van der Waals surface area contributed by atoms with Crippen molar-refractivity contribution >= 4 is 17.3 Å². The molecule has 3 aliphatic heterocycles. The number of amides is 1. The Hall–Kier alpha value is -3.10. The lowest BCUT2D eigenvalue weighted by molar-refractivity contribution is -0.104. The van der Waals surface area contributed by atoms with Crippen molar-refractivity contribution < 1.29 is 14.3 Å². The predicted octanol–water partition coefficient (Wildman–Crippen LogP) is 3.13. The maximum Gasteiger partial charge on any atom is 0.410 e. The number of piperazine rings is 1. The Morgan fingerprint density at radius 3 is 2.47 bits per heavy atom. The molecule has 0 spiro atoms. The van der Waals surface area contributed by atoms with Crippen LogP contribution in [0.15, 0.2) is 48.8 Å². The van der Waals surface area contributed by atoms with Gasteiger partial charge in [-0.15, -0.1) is 0 Å². The third-order valence-electron chi connectivity index (χ3n) is 7.29. The predicted molar refractivity (Wildman–Crippen MR) is 130 cm³/mol.